The largest absolute Gasteiger partial charge is 0.378 e. The van der Waals surface area contributed by atoms with Gasteiger partial charge in [-0.15, -0.1) is 0 Å². The van der Waals surface area contributed by atoms with Gasteiger partial charge in [0.2, 0.25) is 0 Å². The molecule has 2 N–H and O–H groups in total. The van der Waals surface area contributed by atoms with Crippen molar-refractivity contribution in [2.75, 3.05) is 25.5 Å². The van der Waals surface area contributed by atoms with Gasteiger partial charge in [-0.1, -0.05) is 31.5 Å². The fraction of sp³-hybridized carbons (Fsp3) is 0.421. The zero-order valence-corrected chi connectivity index (χ0v) is 13.9. The quantitative estimate of drug-likeness (QED) is 0.846. The molecule has 0 aliphatic rings. The maximum atomic E-state index is 5.67. The number of rotatable bonds is 7. The molecule has 22 heavy (non-hydrogen) atoms. The molecule has 2 aromatic rings. The molecule has 1 unspecified atom stereocenters. The lowest BCUT2D eigenvalue weighted by Gasteiger charge is -2.14. The van der Waals surface area contributed by atoms with Crippen molar-refractivity contribution in [1.82, 2.24) is 4.98 Å². The molecule has 0 amide bonds. The van der Waals surface area contributed by atoms with Crippen molar-refractivity contribution in [3.05, 3.63) is 48.3 Å². The average Bonchev–Trinajstić information content (AvgIpc) is 2.55. The number of aromatic nitrogens is 1. The van der Waals surface area contributed by atoms with Crippen LogP contribution in [0.1, 0.15) is 25.5 Å². The molecule has 0 saturated heterocycles. The fourth-order valence-electron chi connectivity index (χ4n) is 2.65. The number of benzene rings is 1. The lowest BCUT2D eigenvalue weighted by molar-refractivity contribution is 0.470. The van der Waals surface area contributed by atoms with Gasteiger partial charge in [0.25, 0.3) is 0 Å². The van der Waals surface area contributed by atoms with Crippen LogP contribution in [-0.2, 0) is 6.42 Å². The minimum absolute atomic E-state index is 0.641. The van der Waals surface area contributed by atoms with Gasteiger partial charge in [-0.2, -0.15) is 0 Å². The third-order valence-electron chi connectivity index (χ3n) is 4.19. The molecule has 2 rings (SSSR count). The third-order valence-corrected chi connectivity index (χ3v) is 4.19. The van der Waals surface area contributed by atoms with Gasteiger partial charge in [0.1, 0.15) is 0 Å². The first kappa shape index (κ1) is 16.5. The van der Waals surface area contributed by atoms with Crippen molar-refractivity contribution in [1.29, 1.82) is 0 Å². The topological polar surface area (TPSA) is 42.1 Å². The van der Waals surface area contributed by atoms with E-state index in [9.17, 15) is 0 Å². The van der Waals surface area contributed by atoms with E-state index in [1.54, 1.807) is 0 Å². The van der Waals surface area contributed by atoms with E-state index in [4.69, 9.17) is 5.73 Å². The molecule has 0 bridgehead atoms. The maximum Gasteiger partial charge on any atom is 0.0406 e. The summed E-state index contributed by atoms with van der Waals surface area (Å²) in [6, 6.07) is 12.9. The van der Waals surface area contributed by atoms with Crippen LogP contribution in [0.4, 0.5) is 5.69 Å². The van der Waals surface area contributed by atoms with E-state index in [-0.39, 0.29) is 0 Å². The second kappa shape index (κ2) is 7.95. The molecule has 0 aliphatic carbocycles. The molecule has 0 radical (unpaired) electrons. The number of nitrogens with zero attached hydrogens (tertiary/aromatic N) is 2. The van der Waals surface area contributed by atoms with Gasteiger partial charge in [0.15, 0.2) is 0 Å². The smallest absolute Gasteiger partial charge is 0.0406 e. The lowest BCUT2D eigenvalue weighted by atomic mass is 9.96. The molecule has 0 fully saturated rings. The Labute approximate surface area is 134 Å². The molecule has 3 nitrogen and oxygen atoms in total. The highest BCUT2D eigenvalue weighted by Gasteiger charge is 2.08. The van der Waals surface area contributed by atoms with Crippen LogP contribution in [0.3, 0.4) is 0 Å². The Morgan fingerprint density at radius 2 is 1.73 bits per heavy atom. The summed E-state index contributed by atoms with van der Waals surface area (Å²) in [7, 11) is 4.10. The molecule has 1 atom stereocenters. The molecule has 3 heteroatoms. The number of hydrogen-bond acceptors (Lipinski definition) is 3. The summed E-state index contributed by atoms with van der Waals surface area (Å²) in [6.45, 7) is 2.98. The van der Waals surface area contributed by atoms with Crippen LogP contribution in [0.2, 0.25) is 0 Å². The summed E-state index contributed by atoms with van der Waals surface area (Å²) in [5.41, 5.74) is 10.4. The Kier molecular flexibility index (Phi) is 5.96. The lowest BCUT2D eigenvalue weighted by Crippen LogP contribution is -2.11. The monoisotopic (exact) mass is 297 g/mol. The van der Waals surface area contributed by atoms with E-state index in [0.29, 0.717) is 5.92 Å². The highest BCUT2D eigenvalue weighted by Crippen LogP contribution is 2.23. The van der Waals surface area contributed by atoms with Gasteiger partial charge in [-0.3, -0.25) is 4.98 Å². The summed E-state index contributed by atoms with van der Waals surface area (Å²) in [6.07, 6.45) is 5.24. The Morgan fingerprint density at radius 3 is 2.23 bits per heavy atom. The Bertz CT molecular complexity index is 558. The van der Waals surface area contributed by atoms with Crippen LogP contribution < -0.4 is 10.6 Å². The molecule has 0 saturated carbocycles. The number of nitrogens with two attached hydrogens (primary N) is 1. The SMILES string of the molecule is CCC(CCN)Cc1ccc(-c2ccc(N(C)C)cc2)cn1. The molecule has 1 aromatic carbocycles. The van der Waals surface area contributed by atoms with Gasteiger partial charge in [0, 0.05) is 37.2 Å². The van der Waals surface area contributed by atoms with Gasteiger partial charge in [0.05, 0.1) is 0 Å². The summed E-state index contributed by atoms with van der Waals surface area (Å²) in [5, 5.41) is 0. The molecule has 1 aromatic heterocycles. The fourth-order valence-corrected chi connectivity index (χ4v) is 2.65. The first-order chi connectivity index (χ1) is 10.6. The van der Waals surface area contributed by atoms with E-state index in [1.807, 2.05) is 6.20 Å². The summed E-state index contributed by atoms with van der Waals surface area (Å²) >= 11 is 0. The first-order valence-corrected chi connectivity index (χ1v) is 8.06. The summed E-state index contributed by atoms with van der Waals surface area (Å²) in [5.74, 6) is 0.641. The predicted octanol–water partition coefficient (Wildman–Crippen LogP) is 3.73. The second-order valence-electron chi connectivity index (χ2n) is 6.04. The van der Waals surface area contributed by atoms with Gasteiger partial charge < -0.3 is 10.6 Å². The van der Waals surface area contributed by atoms with E-state index in [0.717, 1.165) is 31.5 Å². The number of pyridine rings is 1. The molecule has 0 aliphatic heterocycles. The van der Waals surface area contributed by atoms with Crippen molar-refractivity contribution in [2.24, 2.45) is 11.7 Å². The van der Waals surface area contributed by atoms with Crippen molar-refractivity contribution in [3.63, 3.8) is 0 Å². The predicted molar refractivity (Wildman–Crippen MR) is 95.2 cm³/mol. The number of anilines is 1. The molecule has 1 heterocycles. The highest BCUT2D eigenvalue weighted by atomic mass is 15.1. The van der Waals surface area contributed by atoms with Crippen LogP contribution in [0.15, 0.2) is 42.6 Å². The minimum atomic E-state index is 0.641. The van der Waals surface area contributed by atoms with E-state index >= 15 is 0 Å². The highest BCUT2D eigenvalue weighted by molar-refractivity contribution is 5.65. The first-order valence-electron chi connectivity index (χ1n) is 8.06. The summed E-state index contributed by atoms with van der Waals surface area (Å²) < 4.78 is 0. The Morgan fingerprint density at radius 1 is 1.05 bits per heavy atom. The zero-order valence-electron chi connectivity index (χ0n) is 13.9. The van der Waals surface area contributed by atoms with Gasteiger partial charge in [-0.05, 0) is 49.1 Å². The van der Waals surface area contributed by atoms with E-state index in [2.05, 4.69) is 67.3 Å². The van der Waals surface area contributed by atoms with Crippen LogP contribution in [0, 0.1) is 5.92 Å². The van der Waals surface area contributed by atoms with Gasteiger partial charge in [-0.25, -0.2) is 0 Å². The normalized spacial score (nSPS) is 12.2. The average molecular weight is 297 g/mol. The van der Waals surface area contributed by atoms with Crippen molar-refractivity contribution >= 4 is 5.69 Å². The Balaban J connectivity index is 2.08. The van der Waals surface area contributed by atoms with Crippen LogP contribution in [0.5, 0.6) is 0 Å². The van der Waals surface area contributed by atoms with Crippen molar-refractivity contribution < 1.29 is 0 Å². The molecular weight excluding hydrogens is 270 g/mol. The standard InChI is InChI=1S/C19H27N3/c1-4-15(11-12-20)13-18-8-5-17(14-21-18)16-6-9-19(10-7-16)22(2)3/h5-10,14-15H,4,11-13,20H2,1-3H3. The molecular formula is C19H27N3. The van der Waals surface area contributed by atoms with Crippen LogP contribution in [0.25, 0.3) is 11.1 Å². The van der Waals surface area contributed by atoms with E-state index in [1.165, 1.54) is 16.8 Å². The van der Waals surface area contributed by atoms with Crippen LogP contribution >= 0.6 is 0 Å². The second-order valence-corrected chi connectivity index (χ2v) is 6.04. The third kappa shape index (κ3) is 4.31. The Hall–Kier alpha value is -1.87. The maximum absolute atomic E-state index is 5.67. The summed E-state index contributed by atoms with van der Waals surface area (Å²) in [4.78, 5) is 6.74. The number of hydrogen-bond donors (Lipinski definition) is 1. The van der Waals surface area contributed by atoms with E-state index < -0.39 is 0 Å². The molecule has 0 spiro atoms. The zero-order chi connectivity index (χ0) is 15.9. The molecule has 118 valence electrons. The minimum Gasteiger partial charge on any atom is -0.378 e. The van der Waals surface area contributed by atoms with Crippen LogP contribution in [-0.4, -0.2) is 25.6 Å². The van der Waals surface area contributed by atoms with Crippen molar-refractivity contribution in [2.45, 2.75) is 26.2 Å². The van der Waals surface area contributed by atoms with Gasteiger partial charge >= 0.3 is 0 Å². The van der Waals surface area contributed by atoms with Crippen molar-refractivity contribution in [3.8, 4) is 11.1 Å².